The number of rotatable bonds is 5. The number of anilines is 1. The lowest BCUT2D eigenvalue weighted by Crippen LogP contribution is -2.06. The number of aromatic nitrogens is 3. The number of fused-ring (bicyclic) bond motifs is 1. The largest absolute Gasteiger partial charge is 0.497 e. The molecule has 30 heavy (non-hydrogen) atoms. The number of nitrogens with zero attached hydrogens (tertiary/aromatic N) is 4. The molecule has 4 N–H and O–H groups in total. The highest BCUT2D eigenvalue weighted by Crippen LogP contribution is 2.44. The van der Waals surface area contributed by atoms with Crippen molar-refractivity contribution in [3.8, 4) is 5.75 Å². The molecule has 0 saturated heterocycles. The van der Waals surface area contributed by atoms with Gasteiger partial charge in [0.2, 0.25) is 5.28 Å². The smallest absolute Gasteiger partial charge is 0.226 e. The number of benzene rings is 1. The maximum absolute atomic E-state index is 6.31. The van der Waals surface area contributed by atoms with Crippen LogP contribution in [0.3, 0.4) is 0 Å². The number of hydrogen-bond donors (Lipinski definition) is 2. The quantitative estimate of drug-likeness (QED) is 0.472. The number of halogens is 1. The molecule has 3 aromatic rings. The monoisotopic (exact) mass is 424 g/mol. The molecule has 1 aromatic carbocycles. The minimum absolute atomic E-state index is 0.130. The van der Waals surface area contributed by atoms with Crippen LogP contribution in [0.4, 0.5) is 5.82 Å². The zero-order chi connectivity index (χ0) is 21.3. The van der Waals surface area contributed by atoms with E-state index in [1.165, 1.54) is 5.56 Å². The van der Waals surface area contributed by atoms with Crippen LogP contribution in [0, 0.1) is 0 Å². The molecular formula is C22H25ClN6O. The maximum atomic E-state index is 6.31. The van der Waals surface area contributed by atoms with E-state index in [-0.39, 0.29) is 11.3 Å². The summed E-state index contributed by atoms with van der Waals surface area (Å²) in [5.74, 6) is 1.65. The third kappa shape index (κ3) is 3.73. The number of ether oxygens (including phenoxy) is 1. The summed E-state index contributed by atoms with van der Waals surface area (Å²) in [4.78, 5) is 12.6. The summed E-state index contributed by atoms with van der Waals surface area (Å²) in [6.07, 6.45) is 8.50. The van der Waals surface area contributed by atoms with Crippen molar-refractivity contribution in [1.82, 2.24) is 14.5 Å². The van der Waals surface area contributed by atoms with Crippen molar-refractivity contribution in [1.29, 1.82) is 0 Å². The molecule has 7 nitrogen and oxygen atoms in total. The SMILES string of the molecule is CN=C/C=C(\N)c1cn(C2CCC(c3cccc(OC)c3)C2)c2nc(Cl)nc(N)c12. The Morgan fingerprint density at radius 2 is 2.17 bits per heavy atom. The van der Waals surface area contributed by atoms with Crippen molar-refractivity contribution in [2.24, 2.45) is 10.7 Å². The molecule has 1 saturated carbocycles. The molecule has 1 fully saturated rings. The van der Waals surface area contributed by atoms with Crippen LogP contribution in [0.5, 0.6) is 5.75 Å². The van der Waals surface area contributed by atoms with Crippen LogP contribution in [-0.2, 0) is 0 Å². The Hall–Kier alpha value is -3.06. The molecule has 0 spiro atoms. The first-order valence-electron chi connectivity index (χ1n) is 9.87. The summed E-state index contributed by atoms with van der Waals surface area (Å²) in [6, 6.07) is 8.55. The zero-order valence-corrected chi connectivity index (χ0v) is 17.8. The van der Waals surface area contributed by atoms with Gasteiger partial charge in [0, 0.05) is 36.8 Å². The summed E-state index contributed by atoms with van der Waals surface area (Å²) in [5.41, 5.74) is 15.9. The van der Waals surface area contributed by atoms with Crippen LogP contribution >= 0.6 is 11.6 Å². The van der Waals surface area contributed by atoms with E-state index >= 15 is 0 Å². The molecular weight excluding hydrogens is 400 g/mol. The van der Waals surface area contributed by atoms with Crippen LogP contribution < -0.4 is 16.2 Å². The number of methoxy groups -OCH3 is 1. The molecule has 2 heterocycles. The number of aliphatic imine (C=N–C) groups is 1. The van der Waals surface area contributed by atoms with Gasteiger partial charge in [-0.3, -0.25) is 4.99 Å². The van der Waals surface area contributed by atoms with Gasteiger partial charge in [-0.05, 0) is 60.6 Å². The standard InChI is InChI=1S/C22H25ClN6O/c1-26-9-8-18(24)17-12-29(21-19(17)20(25)27-22(23)28-21)15-7-6-14(10-15)13-4-3-5-16(11-13)30-2/h3-5,8-9,11-12,14-15H,6-7,10,24H2,1-2H3,(H2,25,27,28)/b18-8-,26-9?. The molecule has 4 rings (SSSR count). The summed E-state index contributed by atoms with van der Waals surface area (Å²) in [7, 11) is 3.39. The van der Waals surface area contributed by atoms with Gasteiger partial charge < -0.3 is 20.8 Å². The maximum Gasteiger partial charge on any atom is 0.226 e. The Labute approximate surface area is 180 Å². The van der Waals surface area contributed by atoms with E-state index in [1.807, 2.05) is 18.3 Å². The Morgan fingerprint density at radius 3 is 2.93 bits per heavy atom. The molecule has 1 aliphatic carbocycles. The van der Waals surface area contributed by atoms with E-state index in [1.54, 1.807) is 26.4 Å². The van der Waals surface area contributed by atoms with Crippen LogP contribution in [0.15, 0.2) is 41.5 Å². The molecule has 2 unspecified atom stereocenters. The minimum atomic E-state index is 0.130. The van der Waals surface area contributed by atoms with Gasteiger partial charge in [0.25, 0.3) is 0 Å². The normalized spacial score (nSPS) is 19.8. The number of allylic oxidation sites excluding steroid dienone is 1. The second-order valence-electron chi connectivity index (χ2n) is 7.50. The first kappa shape index (κ1) is 20.2. The minimum Gasteiger partial charge on any atom is -0.497 e. The van der Waals surface area contributed by atoms with Crippen LogP contribution in [-0.4, -0.2) is 34.9 Å². The topological polar surface area (TPSA) is 104 Å². The highest BCUT2D eigenvalue weighted by molar-refractivity contribution is 6.28. The fraction of sp³-hybridized carbons (Fsp3) is 0.318. The number of hydrogen-bond acceptors (Lipinski definition) is 6. The molecule has 1 aliphatic rings. The summed E-state index contributed by atoms with van der Waals surface area (Å²) in [5, 5.41) is 0.855. The Balaban J connectivity index is 1.74. The molecule has 2 atom stereocenters. The van der Waals surface area contributed by atoms with Crippen molar-refractivity contribution in [3.05, 3.63) is 52.9 Å². The van der Waals surface area contributed by atoms with Gasteiger partial charge in [0.15, 0.2) is 0 Å². The highest BCUT2D eigenvalue weighted by Gasteiger charge is 2.30. The molecule has 0 aliphatic heterocycles. The first-order valence-corrected chi connectivity index (χ1v) is 10.3. The van der Waals surface area contributed by atoms with E-state index in [2.05, 4.69) is 31.7 Å². The average Bonchev–Trinajstić information content (AvgIpc) is 3.37. The van der Waals surface area contributed by atoms with Crippen molar-refractivity contribution in [2.75, 3.05) is 19.9 Å². The molecule has 0 radical (unpaired) electrons. The molecule has 0 amide bonds. The van der Waals surface area contributed by atoms with Crippen LogP contribution in [0.1, 0.15) is 42.3 Å². The lowest BCUT2D eigenvalue weighted by molar-refractivity contribution is 0.413. The zero-order valence-electron chi connectivity index (χ0n) is 17.0. The van der Waals surface area contributed by atoms with Gasteiger partial charge in [0.05, 0.1) is 12.5 Å². The van der Waals surface area contributed by atoms with E-state index in [0.29, 0.717) is 23.1 Å². The molecule has 156 valence electrons. The van der Waals surface area contributed by atoms with Crippen molar-refractivity contribution in [3.63, 3.8) is 0 Å². The Bertz CT molecular complexity index is 1140. The fourth-order valence-electron chi connectivity index (χ4n) is 4.30. The van der Waals surface area contributed by atoms with Gasteiger partial charge >= 0.3 is 0 Å². The van der Waals surface area contributed by atoms with Crippen molar-refractivity contribution in [2.45, 2.75) is 31.2 Å². The van der Waals surface area contributed by atoms with E-state index in [0.717, 1.165) is 36.0 Å². The van der Waals surface area contributed by atoms with E-state index in [4.69, 9.17) is 27.8 Å². The highest BCUT2D eigenvalue weighted by atomic mass is 35.5. The second kappa shape index (κ2) is 8.36. The summed E-state index contributed by atoms with van der Waals surface area (Å²) in [6.45, 7) is 0. The van der Waals surface area contributed by atoms with Gasteiger partial charge in [0.1, 0.15) is 17.2 Å². The summed E-state index contributed by atoms with van der Waals surface area (Å²) < 4.78 is 7.54. The van der Waals surface area contributed by atoms with Crippen LogP contribution in [0.25, 0.3) is 16.7 Å². The van der Waals surface area contributed by atoms with Crippen LogP contribution in [0.2, 0.25) is 5.28 Å². The molecule has 8 heteroatoms. The van der Waals surface area contributed by atoms with Crippen molar-refractivity contribution < 1.29 is 4.74 Å². The van der Waals surface area contributed by atoms with Gasteiger partial charge in [-0.25, -0.2) is 4.98 Å². The fourth-order valence-corrected chi connectivity index (χ4v) is 4.47. The van der Waals surface area contributed by atoms with Crippen molar-refractivity contribution >= 4 is 40.4 Å². The van der Waals surface area contributed by atoms with E-state index in [9.17, 15) is 0 Å². The predicted molar refractivity (Wildman–Crippen MR) is 122 cm³/mol. The number of nitrogens with two attached hydrogens (primary N) is 2. The third-order valence-corrected chi connectivity index (χ3v) is 5.92. The third-order valence-electron chi connectivity index (χ3n) is 5.75. The van der Waals surface area contributed by atoms with Gasteiger partial charge in [-0.15, -0.1) is 0 Å². The first-order chi connectivity index (χ1) is 14.5. The van der Waals surface area contributed by atoms with E-state index < -0.39 is 0 Å². The lowest BCUT2D eigenvalue weighted by Gasteiger charge is -2.15. The lowest BCUT2D eigenvalue weighted by atomic mass is 9.97. The Morgan fingerprint density at radius 1 is 1.33 bits per heavy atom. The number of nitrogen functional groups attached to an aromatic ring is 1. The molecule has 2 aromatic heterocycles. The van der Waals surface area contributed by atoms with Gasteiger partial charge in [-0.2, -0.15) is 4.98 Å². The Kier molecular flexibility index (Phi) is 5.63. The predicted octanol–water partition coefficient (Wildman–Crippen LogP) is 4.18. The van der Waals surface area contributed by atoms with Gasteiger partial charge in [-0.1, -0.05) is 12.1 Å². The molecule has 0 bridgehead atoms. The summed E-state index contributed by atoms with van der Waals surface area (Å²) >= 11 is 6.14. The second-order valence-corrected chi connectivity index (χ2v) is 7.83. The average molecular weight is 425 g/mol.